The number of hydrogen-bond acceptors (Lipinski definition) is 4. The number of rotatable bonds is 4. The number of carbonyl (C=O) groups excluding carboxylic acids is 1. The van der Waals surface area contributed by atoms with Crippen molar-refractivity contribution in [1.82, 2.24) is 4.90 Å². The first-order chi connectivity index (χ1) is 10.3. The van der Waals surface area contributed by atoms with Gasteiger partial charge in [0.15, 0.2) is 0 Å². The number of aromatic carboxylic acids is 1. The maximum absolute atomic E-state index is 12.5. The van der Waals surface area contributed by atoms with Crippen molar-refractivity contribution >= 4 is 17.6 Å². The van der Waals surface area contributed by atoms with Crippen LogP contribution < -0.4 is 0 Å². The van der Waals surface area contributed by atoms with Gasteiger partial charge in [-0.2, -0.15) is 0 Å². The number of hydrogen-bond donors (Lipinski definition) is 1. The van der Waals surface area contributed by atoms with Gasteiger partial charge in [0.1, 0.15) is 0 Å². The number of carbonyl (C=O) groups is 2. The maximum atomic E-state index is 12.5. The van der Waals surface area contributed by atoms with E-state index < -0.39 is 10.9 Å². The van der Waals surface area contributed by atoms with Crippen molar-refractivity contribution in [2.45, 2.75) is 26.7 Å². The molecule has 0 radical (unpaired) electrons. The Morgan fingerprint density at radius 3 is 2.50 bits per heavy atom. The summed E-state index contributed by atoms with van der Waals surface area (Å²) in [5.74, 6) is -1.65. The molecular weight excluding hydrogens is 288 g/mol. The van der Waals surface area contributed by atoms with Crippen LogP contribution >= 0.6 is 0 Å². The quantitative estimate of drug-likeness (QED) is 0.680. The van der Waals surface area contributed by atoms with Gasteiger partial charge in [0.2, 0.25) is 0 Å². The summed E-state index contributed by atoms with van der Waals surface area (Å²) in [5.41, 5.74) is -0.547. The van der Waals surface area contributed by atoms with Crippen molar-refractivity contribution in [2.24, 2.45) is 5.41 Å². The molecule has 1 aromatic carbocycles. The number of nitro benzene ring substituents is 1. The summed E-state index contributed by atoms with van der Waals surface area (Å²) < 4.78 is 0. The molecule has 0 saturated carbocycles. The third-order valence-corrected chi connectivity index (χ3v) is 4.32. The molecule has 1 atom stereocenters. The van der Waals surface area contributed by atoms with Gasteiger partial charge in [-0.25, -0.2) is 4.79 Å². The molecule has 1 amide bonds. The first kappa shape index (κ1) is 15.9. The van der Waals surface area contributed by atoms with Crippen molar-refractivity contribution in [3.63, 3.8) is 0 Å². The zero-order valence-corrected chi connectivity index (χ0v) is 12.5. The molecule has 22 heavy (non-hydrogen) atoms. The lowest BCUT2D eigenvalue weighted by atomic mass is 9.87. The Balaban J connectivity index is 2.34. The first-order valence-electron chi connectivity index (χ1n) is 7.08. The molecule has 1 saturated heterocycles. The minimum atomic E-state index is -1.29. The van der Waals surface area contributed by atoms with E-state index in [0.717, 1.165) is 25.0 Å². The smallest absolute Gasteiger partial charge is 0.335 e. The van der Waals surface area contributed by atoms with Gasteiger partial charge in [-0.1, -0.05) is 13.8 Å². The molecule has 1 N–H and O–H groups in total. The first-order valence-corrected chi connectivity index (χ1v) is 7.08. The number of amides is 1. The molecule has 1 aromatic rings. The van der Waals surface area contributed by atoms with E-state index in [9.17, 15) is 19.7 Å². The molecule has 1 aliphatic heterocycles. The lowest BCUT2D eigenvalue weighted by Gasteiger charge is -2.22. The lowest BCUT2D eigenvalue weighted by molar-refractivity contribution is -0.384. The van der Waals surface area contributed by atoms with Crippen molar-refractivity contribution < 1.29 is 19.6 Å². The van der Waals surface area contributed by atoms with Gasteiger partial charge in [-0.15, -0.1) is 0 Å². The van der Waals surface area contributed by atoms with E-state index >= 15 is 0 Å². The number of carboxylic acids is 1. The van der Waals surface area contributed by atoms with Gasteiger partial charge >= 0.3 is 5.97 Å². The Morgan fingerprint density at radius 2 is 2.00 bits per heavy atom. The van der Waals surface area contributed by atoms with Crippen LogP contribution in [0.25, 0.3) is 0 Å². The van der Waals surface area contributed by atoms with Crippen LogP contribution in [0.4, 0.5) is 5.69 Å². The second kappa shape index (κ2) is 5.75. The van der Waals surface area contributed by atoms with Crippen LogP contribution in [0, 0.1) is 15.5 Å². The Hall–Kier alpha value is -2.44. The summed E-state index contributed by atoms with van der Waals surface area (Å²) in [6.45, 7) is 5.31. The zero-order chi connectivity index (χ0) is 16.5. The highest BCUT2D eigenvalue weighted by atomic mass is 16.6. The predicted octanol–water partition coefficient (Wildman–Crippen LogP) is 2.56. The molecule has 2 rings (SSSR count). The fourth-order valence-electron chi connectivity index (χ4n) is 2.63. The average molecular weight is 306 g/mol. The molecule has 0 aliphatic carbocycles. The summed E-state index contributed by atoms with van der Waals surface area (Å²) in [4.78, 5) is 35.4. The van der Waals surface area contributed by atoms with Gasteiger partial charge in [0.05, 0.1) is 10.5 Å². The van der Waals surface area contributed by atoms with Crippen LogP contribution in [0.5, 0.6) is 0 Å². The van der Waals surface area contributed by atoms with Crippen LogP contribution in [-0.4, -0.2) is 39.9 Å². The molecule has 0 aromatic heterocycles. The lowest BCUT2D eigenvalue weighted by Crippen LogP contribution is -2.31. The van der Waals surface area contributed by atoms with Crippen molar-refractivity contribution in [1.29, 1.82) is 0 Å². The predicted molar refractivity (Wildman–Crippen MR) is 79.0 cm³/mol. The van der Waals surface area contributed by atoms with Gasteiger partial charge in [0, 0.05) is 30.8 Å². The highest BCUT2D eigenvalue weighted by molar-refractivity contribution is 5.98. The molecule has 1 fully saturated rings. The fourth-order valence-corrected chi connectivity index (χ4v) is 2.63. The second-order valence-corrected chi connectivity index (χ2v) is 5.97. The van der Waals surface area contributed by atoms with Crippen LogP contribution in [0.1, 0.15) is 47.4 Å². The second-order valence-electron chi connectivity index (χ2n) is 5.97. The highest BCUT2D eigenvalue weighted by Crippen LogP contribution is 2.34. The van der Waals surface area contributed by atoms with Crippen molar-refractivity contribution in [3.05, 3.63) is 39.4 Å². The van der Waals surface area contributed by atoms with E-state index in [1.807, 2.05) is 0 Å². The zero-order valence-electron chi connectivity index (χ0n) is 12.5. The minimum Gasteiger partial charge on any atom is -0.478 e. The van der Waals surface area contributed by atoms with Gasteiger partial charge < -0.3 is 10.0 Å². The summed E-state index contributed by atoms with van der Waals surface area (Å²) in [5, 5.41) is 19.9. The minimum absolute atomic E-state index is 0.0476. The Bertz CT molecular complexity index is 611. The number of nitrogens with zero attached hydrogens (tertiary/aromatic N) is 2. The monoisotopic (exact) mass is 306 g/mol. The Kier molecular flexibility index (Phi) is 4.16. The van der Waals surface area contributed by atoms with E-state index in [1.54, 1.807) is 4.90 Å². The van der Waals surface area contributed by atoms with E-state index in [-0.39, 0.29) is 28.1 Å². The molecule has 0 bridgehead atoms. The third kappa shape index (κ3) is 3.08. The normalized spacial score (nSPS) is 20.9. The largest absolute Gasteiger partial charge is 0.478 e. The number of carboxylic acid groups (broad SMARTS) is 1. The van der Waals surface area contributed by atoms with E-state index in [1.165, 1.54) is 6.07 Å². The maximum Gasteiger partial charge on any atom is 0.335 e. The van der Waals surface area contributed by atoms with Crippen molar-refractivity contribution in [2.75, 3.05) is 13.1 Å². The molecule has 1 heterocycles. The average Bonchev–Trinajstić information content (AvgIpc) is 2.89. The number of likely N-dealkylation sites (tertiary alicyclic amines) is 1. The Labute approximate surface area is 127 Å². The number of benzene rings is 1. The standard InChI is InChI=1S/C15H18N2O5/c1-3-15(2)4-5-16(9-15)13(18)10-6-11(14(19)20)8-12(7-10)17(21)22/h6-8H,3-5,9H2,1-2H3,(H,19,20). The molecule has 118 valence electrons. The number of non-ortho nitro benzene ring substituents is 1. The van der Waals surface area contributed by atoms with Gasteiger partial charge in [0.25, 0.3) is 11.6 Å². The topological polar surface area (TPSA) is 101 Å². The van der Waals surface area contributed by atoms with Crippen LogP contribution in [0.3, 0.4) is 0 Å². The molecule has 7 heteroatoms. The van der Waals surface area contributed by atoms with E-state index in [4.69, 9.17) is 5.11 Å². The molecular formula is C15H18N2O5. The van der Waals surface area contributed by atoms with Gasteiger partial charge in [-0.3, -0.25) is 14.9 Å². The summed E-state index contributed by atoms with van der Waals surface area (Å²) >= 11 is 0. The summed E-state index contributed by atoms with van der Waals surface area (Å²) in [6.07, 6.45) is 1.81. The summed E-state index contributed by atoms with van der Waals surface area (Å²) in [7, 11) is 0. The van der Waals surface area contributed by atoms with E-state index in [2.05, 4.69) is 13.8 Å². The molecule has 1 unspecified atom stereocenters. The molecule has 7 nitrogen and oxygen atoms in total. The summed E-state index contributed by atoms with van der Waals surface area (Å²) in [6, 6.07) is 3.29. The van der Waals surface area contributed by atoms with Crippen LogP contribution in [0.15, 0.2) is 18.2 Å². The third-order valence-electron chi connectivity index (χ3n) is 4.32. The number of nitro groups is 1. The highest BCUT2D eigenvalue weighted by Gasteiger charge is 2.35. The van der Waals surface area contributed by atoms with Crippen LogP contribution in [0.2, 0.25) is 0 Å². The molecule has 0 spiro atoms. The SMILES string of the molecule is CCC1(C)CCN(C(=O)c2cc(C(=O)O)cc([N+](=O)[O-])c2)C1. The van der Waals surface area contributed by atoms with Crippen LogP contribution in [-0.2, 0) is 0 Å². The molecule has 1 aliphatic rings. The Morgan fingerprint density at radius 1 is 1.36 bits per heavy atom. The van der Waals surface area contributed by atoms with Gasteiger partial charge in [-0.05, 0) is 24.3 Å². The fraction of sp³-hybridized carbons (Fsp3) is 0.467. The van der Waals surface area contributed by atoms with Crippen molar-refractivity contribution in [3.8, 4) is 0 Å². The van der Waals surface area contributed by atoms with E-state index in [0.29, 0.717) is 13.1 Å².